The normalized spacial score (nSPS) is 12.4. The quantitative estimate of drug-likeness (QED) is 0.247. The topological polar surface area (TPSA) is 26.0 Å². The fourth-order valence-electron chi connectivity index (χ4n) is 4.53. The molecule has 2 heterocycles. The van der Waals surface area contributed by atoms with Crippen molar-refractivity contribution in [1.29, 1.82) is 0 Å². The lowest BCUT2D eigenvalue weighted by Gasteiger charge is -2.12. The van der Waals surface area contributed by atoms with E-state index in [1.807, 2.05) is 55.5 Å². The van der Waals surface area contributed by atoms with Gasteiger partial charge < -0.3 is 4.42 Å². The first-order chi connectivity index (χ1) is 15.4. The maximum absolute atomic E-state index is 13.3. The van der Waals surface area contributed by atoms with Gasteiger partial charge >= 0.3 is 6.18 Å². The van der Waals surface area contributed by atoms with Crippen LogP contribution in [0.4, 0.5) is 13.2 Å². The van der Waals surface area contributed by atoms with Gasteiger partial charge in [0.15, 0.2) is 0 Å². The first kappa shape index (κ1) is 18.9. The molecule has 0 saturated heterocycles. The minimum atomic E-state index is -4.39. The second-order valence-corrected chi connectivity index (χ2v) is 8.02. The van der Waals surface area contributed by atoms with Gasteiger partial charge in [0, 0.05) is 27.9 Å². The largest absolute Gasteiger partial charge is 0.456 e. The summed E-state index contributed by atoms with van der Waals surface area (Å²) in [5, 5.41) is 4.89. The van der Waals surface area contributed by atoms with Crippen LogP contribution in [0.25, 0.3) is 54.7 Å². The van der Waals surface area contributed by atoms with Gasteiger partial charge in [0.05, 0.1) is 11.3 Å². The molecule has 6 aromatic rings. The third-order valence-electron chi connectivity index (χ3n) is 6.03. The first-order valence-electron chi connectivity index (χ1n) is 10.2. The van der Waals surface area contributed by atoms with Gasteiger partial charge in [-0.05, 0) is 65.0 Å². The van der Waals surface area contributed by atoms with E-state index >= 15 is 0 Å². The van der Waals surface area contributed by atoms with Crippen LogP contribution in [-0.2, 0) is 6.18 Å². The highest BCUT2D eigenvalue weighted by molar-refractivity contribution is 6.13. The highest BCUT2D eigenvalue weighted by atomic mass is 19.4. The van der Waals surface area contributed by atoms with Crippen molar-refractivity contribution >= 4 is 43.5 Å². The van der Waals surface area contributed by atoms with Gasteiger partial charge in [-0.15, -0.1) is 0 Å². The van der Waals surface area contributed by atoms with Gasteiger partial charge in [-0.1, -0.05) is 36.4 Å². The molecule has 0 aliphatic carbocycles. The second-order valence-electron chi connectivity index (χ2n) is 8.02. The average Bonchev–Trinajstić information content (AvgIpc) is 3.17. The number of rotatable bonds is 1. The van der Waals surface area contributed by atoms with E-state index in [1.165, 1.54) is 12.1 Å². The number of fused-ring (bicyclic) bond motifs is 6. The molecule has 6 rings (SSSR count). The van der Waals surface area contributed by atoms with Crippen molar-refractivity contribution in [3.63, 3.8) is 0 Å². The molecule has 0 N–H and O–H groups in total. The summed E-state index contributed by atoms with van der Waals surface area (Å²) in [5.74, 6) is 0. The monoisotopic (exact) mass is 427 g/mol. The lowest BCUT2D eigenvalue weighted by atomic mass is 9.96. The summed E-state index contributed by atoms with van der Waals surface area (Å²) in [7, 11) is 0. The molecule has 2 aromatic heterocycles. The summed E-state index contributed by atoms with van der Waals surface area (Å²) in [4.78, 5) is 4.61. The van der Waals surface area contributed by atoms with E-state index < -0.39 is 11.7 Å². The van der Waals surface area contributed by atoms with E-state index in [4.69, 9.17) is 4.42 Å². The van der Waals surface area contributed by atoms with Crippen LogP contribution in [0.3, 0.4) is 0 Å². The third-order valence-corrected chi connectivity index (χ3v) is 6.03. The molecule has 0 unspecified atom stereocenters. The van der Waals surface area contributed by atoms with Crippen LogP contribution in [0, 0.1) is 6.92 Å². The molecule has 0 amide bonds. The average molecular weight is 427 g/mol. The van der Waals surface area contributed by atoms with E-state index in [2.05, 4.69) is 4.98 Å². The smallest absolute Gasteiger partial charge is 0.416 e. The Labute approximate surface area is 180 Å². The lowest BCUT2D eigenvalue weighted by molar-refractivity contribution is -0.137. The van der Waals surface area contributed by atoms with Crippen molar-refractivity contribution in [3.8, 4) is 11.3 Å². The molecule has 0 fully saturated rings. The number of alkyl halides is 3. The van der Waals surface area contributed by atoms with Crippen LogP contribution >= 0.6 is 0 Å². The Hall–Kier alpha value is -3.86. The van der Waals surface area contributed by atoms with Crippen LogP contribution in [0.1, 0.15) is 11.1 Å². The molecular weight excluding hydrogens is 411 g/mol. The molecular formula is C27H16F3NO. The van der Waals surface area contributed by atoms with Gasteiger partial charge in [-0.3, -0.25) is 4.98 Å². The van der Waals surface area contributed by atoms with Crippen molar-refractivity contribution in [2.24, 2.45) is 0 Å². The Morgan fingerprint density at radius 2 is 1.56 bits per heavy atom. The SMILES string of the molecule is Cc1cc(-c2nccc3c2ccc2ccc(C(F)(F)F)cc23)cc2c1oc1ccccc12. The number of aryl methyl sites for hydroxylation is 1. The molecule has 0 saturated carbocycles. The van der Waals surface area contributed by atoms with Crippen molar-refractivity contribution in [3.05, 3.63) is 90.1 Å². The molecule has 0 aliphatic heterocycles. The van der Waals surface area contributed by atoms with Crippen molar-refractivity contribution in [2.45, 2.75) is 13.1 Å². The summed E-state index contributed by atoms with van der Waals surface area (Å²) in [6, 6.07) is 21.4. The van der Waals surface area contributed by atoms with Crippen molar-refractivity contribution < 1.29 is 17.6 Å². The third kappa shape index (κ3) is 2.78. The molecule has 156 valence electrons. The minimum Gasteiger partial charge on any atom is -0.456 e. The standard InChI is InChI=1S/C27H16F3NO/c1-15-12-17(13-23-20-4-2-3-5-24(20)32-26(15)23)25-21-9-7-16-6-8-18(27(28,29)30)14-22(16)19(21)10-11-31-25/h2-14H,1H3. The maximum Gasteiger partial charge on any atom is 0.416 e. The fourth-order valence-corrected chi connectivity index (χ4v) is 4.53. The molecule has 5 heteroatoms. The molecule has 0 spiro atoms. The first-order valence-corrected chi connectivity index (χ1v) is 10.2. The second kappa shape index (κ2) is 6.57. The van der Waals surface area contributed by atoms with Crippen molar-refractivity contribution in [1.82, 2.24) is 4.98 Å². The van der Waals surface area contributed by atoms with Crippen molar-refractivity contribution in [2.75, 3.05) is 0 Å². The Balaban J connectivity index is 1.65. The van der Waals surface area contributed by atoms with Gasteiger partial charge in [-0.2, -0.15) is 13.2 Å². The van der Waals surface area contributed by atoms with Crippen LogP contribution < -0.4 is 0 Å². The number of aromatic nitrogens is 1. The summed E-state index contributed by atoms with van der Waals surface area (Å²) in [6.07, 6.45) is -2.74. The van der Waals surface area contributed by atoms with Gasteiger partial charge in [-0.25, -0.2) is 0 Å². The zero-order valence-corrected chi connectivity index (χ0v) is 17.0. The number of benzene rings is 4. The number of hydrogen-bond acceptors (Lipinski definition) is 2. The molecule has 4 aromatic carbocycles. The zero-order chi connectivity index (χ0) is 22.0. The molecule has 0 radical (unpaired) electrons. The number of hydrogen-bond donors (Lipinski definition) is 0. The summed E-state index contributed by atoms with van der Waals surface area (Å²) in [5.41, 5.74) is 3.61. The molecule has 32 heavy (non-hydrogen) atoms. The number of furan rings is 1. The summed E-state index contributed by atoms with van der Waals surface area (Å²) in [6.45, 7) is 1.99. The van der Waals surface area contributed by atoms with Crippen LogP contribution in [0.15, 0.2) is 83.4 Å². The Morgan fingerprint density at radius 1 is 0.750 bits per heavy atom. The predicted molar refractivity (Wildman–Crippen MR) is 122 cm³/mol. The summed E-state index contributed by atoms with van der Waals surface area (Å²) < 4.78 is 46.0. The Bertz CT molecular complexity index is 1680. The number of pyridine rings is 1. The van der Waals surface area contributed by atoms with E-state index in [0.717, 1.165) is 61.0 Å². The Morgan fingerprint density at radius 3 is 2.41 bits per heavy atom. The number of nitrogens with zero attached hydrogens (tertiary/aromatic N) is 1. The molecule has 0 aliphatic rings. The maximum atomic E-state index is 13.3. The van der Waals surface area contributed by atoms with Crippen LogP contribution in [0.2, 0.25) is 0 Å². The molecule has 0 atom stereocenters. The number of para-hydroxylation sites is 1. The van der Waals surface area contributed by atoms with Gasteiger partial charge in [0.25, 0.3) is 0 Å². The van der Waals surface area contributed by atoms with E-state index in [-0.39, 0.29) is 0 Å². The minimum absolute atomic E-state index is 0.563. The lowest BCUT2D eigenvalue weighted by Crippen LogP contribution is -2.04. The fraction of sp³-hybridized carbons (Fsp3) is 0.0741. The highest BCUT2D eigenvalue weighted by Gasteiger charge is 2.30. The highest BCUT2D eigenvalue weighted by Crippen LogP contribution is 2.38. The summed E-state index contributed by atoms with van der Waals surface area (Å²) >= 11 is 0. The Kier molecular flexibility index (Phi) is 3.87. The van der Waals surface area contributed by atoms with Gasteiger partial charge in [0.1, 0.15) is 11.2 Å². The van der Waals surface area contributed by atoms with E-state index in [9.17, 15) is 13.2 Å². The van der Waals surface area contributed by atoms with E-state index in [0.29, 0.717) is 5.39 Å². The molecule has 0 bridgehead atoms. The predicted octanol–water partition coefficient (Wildman–Crippen LogP) is 8.28. The van der Waals surface area contributed by atoms with Crippen LogP contribution in [0.5, 0.6) is 0 Å². The van der Waals surface area contributed by atoms with E-state index in [1.54, 1.807) is 12.3 Å². The number of halogens is 3. The zero-order valence-electron chi connectivity index (χ0n) is 17.0. The molecule has 2 nitrogen and oxygen atoms in total. The van der Waals surface area contributed by atoms with Gasteiger partial charge in [0.2, 0.25) is 0 Å². The van der Waals surface area contributed by atoms with Crippen LogP contribution in [-0.4, -0.2) is 4.98 Å².